The van der Waals surface area contributed by atoms with Gasteiger partial charge in [-0.3, -0.25) is 0 Å². The number of hydrogen-bond acceptors (Lipinski definition) is 5. The van der Waals surface area contributed by atoms with E-state index in [0.29, 0.717) is 0 Å². The molecule has 0 aromatic heterocycles. The lowest BCUT2D eigenvalue weighted by molar-refractivity contribution is -0.207. The van der Waals surface area contributed by atoms with Crippen LogP contribution in [-0.2, 0) is 19.8 Å². The second kappa shape index (κ2) is 7.95. The van der Waals surface area contributed by atoms with Crippen LogP contribution < -0.4 is 0 Å². The van der Waals surface area contributed by atoms with Crippen molar-refractivity contribution < 1.29 is 24.4 Å². The number of hydrogen-bond donors (Lipinski definition) is 2. The van der Waals surface area contributed by atoms with E-state index in [1.807, 2.05) is 91.0 Å². The van der Waals surface area contributed by atoms with Crippen molar-refractivity contribution in [3.8, 4) is 0 Å². The first-order valence-corrected chi connectivity index (χ1v) is 10.2. The molecular weight excluding hydrogens is 380 g/mol. The Bertz CT molecular complexity index is 866. The fourth-order valence-corrected chi connectivity index (χ4v) is 4.30. The van der Waals surface area contributed by atoms with Crippen molar-refractivity contribution in [2.24, 2.45) is 0 Å². The zero-order valence-electron chi connectivity index (χ0n) is 16.4. The molecule has 5 nitrogen and oxygen atoms in total. The van der Waals surface area contributed by atoms with E-state index in [0.717, 1.165) is 16.7 Å². The highest BCUT2D eigenvalue weighted by atomic mass is 16.7. The molecule has 0 spiro atoms. The maximum Gasteiger partial charge on any atom is 0.184 e. The molecule has 30 heavy (non-hydrogen) atoms. The van der Waals surface area contributed by atoms with Crippen molar-refractivity contribution in [1.29, 1.82) is 0 Å². The number of aliphatic hydroxyl groups is 2. The molecule has 3 aromatic carbocycles. The van der Waals surface area contributed by atoms with Gasteiger partial charge in [-0.15, -0.1) is 0 Å². The van der Waals surface area contributed by atoms with Gasteiger partial charge in [-0.25, -0.2) is 0 Å². The van der Waals surface area contributed by atoms with E-state index in [1.54, 1.807) is 0 Å². The first-order chi connectivity index (χ1) is 14.7. The number of rotatable bonds is 6. The highest BCUT2D eigenvalue weighted by Gasteiger charge is 2.57. The molecule has 0 unspecified atom stereocenters. The summed E-state index contributed by atoms with van der Waals surface area (Å²) in [5, 5.41) is 20.6. The van der Waals surface area contributed by atoms with Gasteiger partial charge < -0.3 is 24.4 Å². The Kier molecular flexibility index (Phi) is 5.15. The van der Waals surface area contributed by atoms with Crippen LogP contribution in [0.15, 0.2) is 91.0 Å². The molecule has 0 bridgehead atoms. The van der Waals surface area contributed by atoms with Gasteiger partial charge >= 0.3 is 0 Å². The Morgan fingerprint density at radius 2 is 1.13 bits per heavy atom. The van der Waals surface area contributed by atoms with Gasteiger partial charge in [0.1, 0.15) is 30.0 Å². The molecule has 0 amide bonds. The largest absolute Gasteiger partial charge is 0.387 e. The third kappa shape index (κ3) is 3.35. The van der Waals surface area contributed by atoms with Crippen LogP contribution in [0, 0.1) is 0 Å². The normalized spacial score (nSPS) is 28.0. The van der Waals surface area contributed by atoms with Crippen LogP contribution in [0.4, 0.5) is 0 Å². The summed E-state index contributed by atoms with van der Waals surface area (Å²) in [6.07, 6.45) is -3.44. The van der Waals surface area contributed by atoms with E-state index in [2.05, 4.69) is 0 Å². The van der Waals surface area contributed by atoms with Gasteiger partial charge in [0.2, 0.25) is 0 Å². The van der Waals surface area contributed by atoms with E-state index in [9.17, 15) is 10.2 Å². The SMILES string of the molecule is O[C@@H]1[C@H]2O[C@@H]2[C@@H](O)O[C@@H]1COC(c1ccccc1)(c1ccccc1)c1ccccc1. The minimum atomic E-state index is -1.05. The molecule has 2 aliphatic heterocycles. The predicted octanol–water partition coefficient (Wildman–Crippen LogP) is 2.84. The Morgan fingerprint density at radius 1 is 0.667 bits per heavy atom. The standard InChI is InChI=1S/C25H24O5/c26-21-20(29-24(27)23-22(21)30-23)16-28-25(17-10-4-1-5-11-17,18-12-6-2-7-13-18)19-14-8-3-9-15-19/h1-15,20-24,26-27H,16H2/t20-,21+,22-,23+,24+/m1/s1. The maximum atomic E-state index is 10.6. The van der Waals surface area contributed by atoms with E-state index in [-0.39, 0.29) is 6.61 Å². The molecular formula is C25H24O5. The minimum Gasteiger partial charge on any atom is -0.387 e. The molecule has 3 aromatic rings. The zero-order chi connectivity index (χ0) is 20.6. The molecule has 2 N–H and O–H groups in total. The van der Waals surface area contributed by atoms with E-state index >= 15 is 0 Å². The Morgan fingerprint density at radius 3 is 1.60 bits per heavy atom. The molecule has 0 aliphatic carbocycles. The minimum absolute atomic E-state index is 0.0868. The predicted molar refractivity (Wildman–Crippen MR) is 111 cm³/mol. The molecule has 0 saturated carbocycles. The Balaban J connectivity index is 1.57. The summed E-state index contributed by atoms with van der Waals surface area (Å²) in [7, 11) is 0. The van der Waals surface area contributed by atoms with Crippen LogP contribution in [0.2, 0.25) is 0 Å². The summed E-state index contributed by atoms with van der Waals surface area (Å²) in [5.41, 5.74) is 2.00. The lowest BCUT2D eigenvalue weighted by atomic mass is 9.80. The number of fused-ring (bicyclic) bond motifs is 1. The van der Waals surface area contributed by atoms with Crippen molar-refractivity contribution in [2.75, 3.05) is 6.61 Å². The maximum absolute atomic E-state index is 10.6. The van der Waals surface area contributed by atoms with Crippen molar-refractivity contribution >= 4 is 0 Å². The van der Waals surface area contributed by atoms with E-state index < -0.39 is 36.3 Å². The van der Waals surface area contributed by atoms with Crippen LogP contribution >= 0.6 is 0 Å². The highest BCUT2D eigenvalue weighted by Crippen LogP contribution is 2.42. The third-order valence-electron chi connectivity index (χ3n) is 5.88. The fraction of sp³-hybridized carbons (Fsp3) is 0.280. The summed E-state index contributed by atoms with van der Waals surface area (Å²) in [5.74, 6) is 0. The van der Waals surface area contributed by atoms with Gasteiger partial charge in [0, 0.05) is 0 Å². The third-order valence-corrected chi connectivity index (χ3v) is 5.88. The number of aliphatic hydroxyl groups excluding tert-OH is 2. The van der Waals surface area contributed by atoms with Gasteiger partial charge in [0.05, 0.1) is 6.61 Å². The fourth-order valence-electron chi connectivity index (χ4n) is 4.30. The summed E-state index contributed by atoms with van der Waals surface area (Å²) in [4.78, 5) is 0. The summed E-state index contributed by atoms with van der Waals surface area (Å²) >= 11 is 0. The average molecular weight is 404 g/mol. The molecule has 2 saturated heterocycles. The Labute approximate surface area is 175 Å². The molecule has 5 atom stereocenters. The molecule has 2 aliphatic rings. The van der Waals surface area contributed by atoms with Crippen LogP contribution in [0.5, 0.6) is 0 Å². The monoisotopic (exact) mass is 404 g/mol. The molecule has 5 heteroatoms. The van der Waals surface area contributed by atoms with Gasteiger partial charge in [-0.2, -0.15) is 0 Å². The lowest BCUT2D eigenvalue weighted by Gasteiger charge is -2.38. The quantitative estimate of drug-likeness (QED) is 0.488. The van der Waals surface area contributed by atoms with Crippen molar-refractivity contribution in [2.45, 2.75) is 36.3 Å². The van der Waals surface area contributed by atoms with E-state index in [4.69, 9.17) is 14.2 Å². The first-order valence-electron chi connectivity index (χ1n) is 10.2. The van der Waals surface area contributed by atoms with Crippen LogP contribution in [0.25, 0.3) is 0 Å². The molecule has 0 radical (unpaired) electrons. The summed E-state index contributed by atoms with van der Waals surface area (Å²) in [6, 6.07) is 30.0. The number of epoxide rings is 1. The van der Waals surface area contributed by atoms with Crippen LogP contribution in [0.1, 0.15) is 16.7 Å². The van der Waals surface area contributed by atoms with Gasteiger partial charge in [-0.1, -0.05) is 91.0 Å². The zero-order valence-corrected chi connectivity index (χ0v) is 16.4. The van der Waals surface area contributed by atoms with Crippen molar-refractivity contribution in [3.05, 3.63) is 108 Å². The summed E-state index contributed by atoms with van der Waals surface area (Å²) < 4.78 is 17.6. The number of benzene rings is 3. The smallest absolute Gasteiger partial charge is 0.184 e. The molecule has 154 valence electrons. The van der Waals surface area contributed by atoms with Gasteiger partial charge in [0.15, 0.2) is 6.29 Å². The van der Waals surface area contributed by atoms with Crippen LogP contribution in [0.3, 0.4) is 0 Å². The van der Waals surface area contributed by atoms with E-state index in [1.165, 1.54) is 0 Å². The van der Waals surface area contributed by atoms with Crippen molar-refractivity contribution in [1.82, 2.24) is 0 Å². The molecule has 2 heterocycles. The Hall–Kier alpha value is -2.54. The second-order valence-electron chi connectivity index (χ2n) is 7.71. The number of ether oxygens (including phenoxy) is 3. The highest BCUT2D eigenvalue weighted by molar-refractivity contribution is 5.47. The van der Waals surface area contributed by atoms with Crippen LogP contribution in [-0.4, -0.2) is 47.5 Å². The van der Waals surface area contributed by atoms with Crippen molar-refractivity contribution in [3.63, 3.8) is 0 Å². The van der Waals surface area contributed by atoms with Gasteiger partial charge in [-0.05, 0) is 16.7 Å². The lowest BCUT2D eigenvalue weighted by Crippen LogP contribution is -2.48. The second-order valence-corrected chi connectivity index (χ2v) is 7.71. The first kappa shape index (κ1) is 19.4. The van der Waals surface area contributed by atoms with Gasteiger partial charge in [0.25, 0.3) is 0 Å². The summed E-state index contributed by atoms with van der Waals surface area (Å²) in [6.45, 7) is 0.0868. The molecule has 5 rings (SSSR count). The topological polar surface area (TPSA) is 71.5 Å². The average Bonchev–Trinajstić information content (AvgIpc) is 3.62. The molecule has 2 fully saturated rings.